The minimum atomic E-state index is -5.51. The topological polar surface area (TPSA) is 298 Å². The van der Waals surface area contributed by atoms with Crippen LogP contribution in [0.1, 0.15) is 11.7 Å². The second kappa shape index (κ2) is 13.8. The van der Waals surface area contributed by atoms with E-state index in [1.54, 1.807) is 36.4 Å². The highest BCUT2D eigenvalue weighted by Gasteiger charge is 2.56. The van der Waals surface area contributed by atoms with Gasteiger partial charge in [0.15, 0.2) is 6.29 Å². The molecule has 2 heterocycles. The van der Waals surface area contributed by atoms with Crippen molar-refractivity contribution in [3.8, 4) is 5.75 Å². The third-order valence-electron chi connectivity index (χ3n) is 6.79. The fourth-order valence-electron chi connectivity index (χ4n) is 5.16. The molecule has 2 fully saturated rings. The minimum absolute atomic E-state index is 0.201. The fraction of sp³-hybridized carbons (Fsp3) is 0.545. The average molecular weight is 692 g/mol. The van der Waals surface area contributed by atoms with E-state index in [0.29, 0.717) is 10.8 Å². The number of rotatable bonds is 12. The van der Waals surface area contributed by atoms with Gasteiger partial charge in [0.2, 0.25) is 0 Å². The molecule has 9 N–H and O–H groups in total. The van der Waals surface area contributed by atoms with Crippen LogP contribution in [0.15, 0.2) is 36.4 Å². The first kappa shape index (κ1) is 35.4. The largest absolute Gasteiger partial charge is 0.496 e. The molecule has 44 heavy (non-hydrogen) atoms. The van der Waals surface area contributed by atoms with E-state index < -0.39 is 91.8 Å². The van der Waals surface area contributed by atoms with Crippen LogP contribution in [0.2, 0.25) is 0 Å². The summed E-state index contributed by atoms with van der Waals surface area (Å²) in [5.41, 5.74) is 0.241. The molecule has 248 valence electrons. The lowest BCUT2D eigenvalue weighted by molar-refractivity contribution is -0.313. The van der Waals surface area contributed by atoms with Gasteiger partial charge < -0.3 is 63.6 Å². The summed E-state index contributed by atoms with van der Waals surface area (Å²) in [4.78, 5) is 56.9. The molecule has 2 aromatic rings. The monoisotopic (exact) mass is 692 g/mol. The number of fused-ring (bicyclic) bond motifs is 1. The van der Waals surface area contributed by atoms with Gasteiger partial charge in [0.05, 0.1) is 20.3 Å². The van der Waals surface area contributed by atoms with Crippen LogP contribution in [0, 0.1) is 0 Å². The van der Waals surface area contributed by atoms with Crippen molar-refractivity contribution in [1.29, 1.82) is 0 Å². The smallest absolute Gasteiger partial charge is 0.470 e. The first-order chi connectivity index (χ1) is 20.5. The zero-order valence-corrected chi connectivity index (χ0v) is 25.2. The third-order valence-corrected chi connectivity index (χ3v) is 8.34. The van der Waals surface area contributed by atoms with Gasteiger partial charge in [-0.25, -0.2) is 13.7 Å². The summed E-state index contributed by atoms with van der Waals surface area (Å²) in [6, 6.07) is 10.1. The van der Waals surface area contributed by atoms with Crippen molar-refractivity contribution in [1.82, 2.24) is 0 Å². The predicted octanol–water partition coefficient (Wildman–Crippen LogP) is -0.822. The van der Waals surface area contributed by atoms with E-state index in [0.717, 1.165) is 0 Å². The first-order valence-electron chi connectivity index (χ1n) is 12.6. The minimum Gasteiger partial charge on any atom is -0.496 e. The van der Waals surface area contributed by atoms with Crippen LogP contribution >= 0.6 is 23.5 Å². The van der Waals surface area contributed by atoms with Crippen molar-refractivity contribution in [2.24, 2.45) is 0 Å². The molecule has 0 aromatic heterocycles. The van der Waals surface area contributed by atoms with Crippen LogP contribution in [0.25, 0.3) is 10.8 Å². The predicted molar refractivity (Wildman–Crippen MR) is 143 cm³/mol. The molecule has 19 nitrogen and oxygen atoms in total. The van der Waals surface area contributed by atoms with E-state index in [1.165, 1.54) is 7.11 Å². The van der Waals surface area contributed by atoms with Gasteiger partial charge in [-0.3, -0.25) is 13.6 Å². The van der Waals surface area contributed by atoms with Gasteiger partial charge in [-0.05, 0) is 16.8 Å². The summed E-state index contributed by atoms with van der Waals surface area (Å²) in [5.74, 6) is 0.201. The Morgan fingerprint density at radius 3 is 1.84 bits per heavy atom. The quantitative estimate of drug-likeness (QED) is 0.123. The molecule has 2 aliphatic heterocycles. The van der Waals surface area contributed by atoms with Gasteiger partial charge in [-0.15, -0.1) is 0 Å². The summed E-state index contributed by atoms with van der Waals surface area (Å²) < 4.78 is 72.0. The number of hydrogen-bond acceptors (Lipinski definition) is 13. The third kappa shape index (κ3) is 8.29. The Morgan fingerprint density at radius 1 is 0.727 bits per heavy atom. The Morgan fingerprint density at radius 2 is 1.27 bits per heavy atom. The Labute approximate surface area is 248 Å². The summed E-state index contributed by atoms with van der Waals surface area (Å²) in [7, 11) is -15.0. The lowest BCUT2D eigenvalue weighted by Gasteiger charge is -2.44. The molecule has 0 saturated carbocycles. The lowest BCUT2D eigenvalue weighted by Crippen LogP contribution is -2.61. The summed E-state index contributed by atoms with van der Waals surface area (Å²) in [6.07, 6.45) is -17.1. The molecule has 0 radical (unpaired) electrons. The molecule has 0 aliphatic carbocycles. The van der Waals surface area contributed by atoms with Crippen LogP contribution in [0.5, 0.6) is 5.75 Å². The standard InChI is InChI=1S/C22H31O19P3/c1-35-12-7-6-10-4-2-3-5-11(10)15(12)19-21(41-44(32,33)34)17(13(8-23)36-19)38-22-16(25)20(40-43(29,30)31)18(14(9-24)37-22)39-42(26,27)28/h2-7,13-14,16-25H,8-9H2,1H3,(H2,26,27,28)(H2,29,30,31)(H2,32,33,34)/t13-,14-,16-,17-,18-,19+,20-,21-,22-/m1/s1. The number of phosphoric acid groups is 3. The van der Waals surface area contributed by atoms with E-state index >= 15 is 0 Å². The SMILES string of the molecule is COc1ccc2ccccc2c1[C@@H]1O[C@H](CO)[C@@H](O[C@H]2O[C@H](CO)[C@@H](OP(=O)(O)O)[C@H](OP(=O)(O)O)[C@H]2O)[C@H]1OP(=O)(O)O. The molecule has 22 heteroatoms. The first-order valence-corrected chi connectivity index (χ1v) is 17.2. The van der Waals surface area contributed by atoms with E-state index in [9.17, 15) is 58.4 Å². The molecule has 0 unspecified atom stereocenters. The molecule has 2 saturated heterocycles. The van der Waals surface area contributed by atoms with Crippen LogP contribution in [-0.2, 0) is 41.5 Å². The molecular formula is C22H31O19P3. The van der Waals surface area contributed by atoms with Gasteiger partial charge in [0.1, 0.15) is 54.6 Å². The van der Waals surface area contributed by atoms with Gasteiger partial charge in [0.25, 0.3) is 0 Å². The molecule has 0 bridgehead atoms. The van der Waals surface area contributed by atoms with Crippen molar-refractivity contribution < 1.29 is 90.9 Å². The number of aliphatic hydroxyl groups excluding tert-OH is 3. The summed E-state index contributed by atoms with van der Waals surface area (Å²) >= 11 is 0. The van der Waals surface area contributed by atoms with E-state index in [-0.39, 0.29) is 11.3 Å². The lowest BCUT2D eigenvalue weighted by atomic mass is 9.94. The number of methoxy groups -OCH3 is 1. The highest BCUT2D eigenvalue weighted by Crippen LogP contribution is 2.51. The number of benzene rings is 2. The molecule has 2 aromatic carbocycles. The van der Waals surface area contributed by atoms with Crippen LogP contribution < -0.4 is 4.74 Å². The Balaban J connectivity index is 1.76. The van der Waals surface area contributed by atoms with Gasteiger partial charge in [0, 0.05) is 5.56 Å². The maximum atomic E-state index is 12.1. The van der Waals surface area contributed by atoms with Gasteiger partial charge in [-0.1, -0.05) is 30.3 Å². The van der Waals surface area contributed by atoms with Gasteiger partial charge in [-0.2, -0.15) is 0 Å². The van der Waals surface area contributed by atoms with Crippen molar-refractivity contribution in [2.45, 2.75) is 55.1 Å². The zero-order chi connectivity index (χ0) is 32.6. The summed E-state index contributed by atoms with van der Waals surface area (Å²) in [6.45, 7) is -1.96. The molecular weight excluding hydrogens is 661 g/mol. The molecule has 0 spiro atoms. The van der Waals surface area contributed by atoms with E-state index in [1.807, 2.05) is 0 Å². The van der Waals surface area contributed by atoms with Crippen molar-refractivity contribution in [2.75, 3.05) is 20.3 Å². The van der Waals surface area contributed by atoms with Crippen molar-refractivity contribution in [3.05, 3.63) is 42.0 Å². The second-order valence-electron chi connectivity index (χ2n) is 9.68. The number of ether oxygens (including phenoxy) is 4. The number of phosphoric ester groups is 3. The van der Waals surface area contributed by atoms with Crippen molar-refractivity contribution in [3.63, 3.8) is 0 Å². The molecule has 4 rings (SSSR count). The average Bonchev–Trinajstić information content (AvgIpc) is 3.24. The highest BCUT2D eigenvalue weighted by molar-refractivity contribution is 7.46. The van der Waals surface area contributed by atoms with Crippen LogP contribution in [0.3, 0.4) is 0 Å². The Hall–Kier alpha value is -1.41. The highest BCUT2D eigenvalue weighted by atomic mass is 31.2. The normalized spacial score (nSPS) is 31.8. The van der Waals surface area contributed by atoms with Crippen molar-refractivity contribution >= 4 is 34.2 Å². The maximum Gasteiger partial charge on any atom is 0.470 e. The summed E-state index contributed by atoms with van der Waals surface area (Å²) in [5, 5.41) is 32.1. The van der Waals surface area contributed by atoms with E-state index in [4.69, 9.17) is 23.5 Å². The molecule has 0 amide bonds. The number of hydrogen-bond donors (Lipinski definition) is 9. The molecule has 9 atom stereocenters. The zero-order valence-electron chi connectivity index (χ0n) is 22.5. The van der Waals surface area contributed by atoms with E-state index in [2.05, 4.69) is 9.05 Å². The maximum absolute atomic E-state index is 12.1. The van der Waals surface area contributed by atoms with Crippen LogP contribution in [-0.4, -0.2) is 114 Å². The Kier molecular flexibility index (Phi) is 11.1. The fourth-order valence-corrected chi connectivity index (χ4v) is 6.85. The Bertz CT molecular complexity index is 1440. The second-order valence-corrected chi connectivity index (χ2v) is 13.3. The molecule has 2 aliphatic rings. The number of aliphatic hydroxyl groups is 3. The van der Waals surface area contributed by atoms with Gasteiger partial charge >= 0.3 is 23.5 Å². The van der Waals surface area contributed by atoms with Crippen LogP contribution in [0.4, 0.5) is 0 Å².